The Labute approximate surface area is 164 Å². The summed E-state index contributed by atoms with van der Waals surface area (Å²) in [4.78, 5) is 12.8. The standard InChI is InChI=1S/C21H25ClN2O3/c1-12(18-10-14-3-4-15(18)9-14)23-21(25)20-19(13(2)27-24-20)11-26-17-7-5-16(22)6-8-17/h5-8,12,14-15,18H,3-4,9-11H2,1-2H3,(H,23,25). The number of aromatic nitrogens is 1. The number of nitrogens with zero attached hydrogens (tertiary/aromatic N) is 1. The summed E-state index contributed by atoms with van der Waals surface area (Å²) in [6.45, 7) is 4.13. The number of fused-ring (bicyclic) bond motifs is 2. The van der Waals surface area contributed by atoms with Gasteiger partial charge in [-0.15, -0.1) is 0 Å². The molecular weight excluding hydrogens is 364 g/mol. The molecule has 2 aromatic rings. The van der Waals surface area contributed by atoms with Gasteiger partial charge in [0.15, 0.2) is 5.69 Å². The van der Waals surface area contributed by atoms with E-state index in [1.165, 1.54) is 25.7 Å². The summed E-state index contributed by atoms with van der Waals surface area (Å²) < 4.78 is 11.1. The van der Waals surface area contributed by atoms with Gasteiger partial charge in [0.25, 0.3) is 5.91 Å². The van der Waals surface area contributed by atoms with E-state index in [0.29, 0.717) is 33.7 Å². The summed E-state index contributed by atoms with van der Waals surface area (Å²) in [5.41, 5.74) is 0.999. The monoisotopic (exact) mass is 388 g/mol. The van der Waals surface area contributed by atoms with Gasteiger partial charge in [-0.25, -0.2) is 0 Å². The van der Waals surface area contributed by atoms with Gasteiger partial charge >= 0.3 is 0 Å². The lowest BCUT2D eigenvalue weighted by Crippen LogP contribution is -2.40. The summed E-state index contributed by atoms with van der Waals surface area (Å²) >= 11 is 5.90. The number of aryl methyl sites for hydroxylation is 1. The molecule has 1 aromatic carbocycles. The molecule has 0 radical (unpaired) electrons. The summed E-state index contributed by atoms with van der Waals surface area (Å²) in [5.74, 6) is 3.30. The minimum atomic E-state index is -0.183. The van der Waals surface area contributed by atoms with Crippen molar-refractivity contribution >= 4 is 17.5 Å². The van der Waals surface area contributed by atoms with Crippen LogP contribution in [0.1, 0.15) is 54.4 Å². The first-order valence-electron chi connectivity index (χ1n) is 9.65. The number of benzene rings is 1. The van der Waals surface area contributed by atoms with Gasteiger partial charge in [-0.2, -0.15) is 0 Å². The zero-order chi connectivity index (χ0) is 19.0. The number of halogens is 1. The Hall–Kier alpha value is -2.01. The molecule has 0 saturated heterocycles. The van der Waals surface area contributed by atoms with Crippen LogP contribution in [-0.4, -0.2) is 17.1 Å². The number of hydrogen-bond acceptors (Lipinski definition) is 4. The minimum absolute atomic E-state index is 0.148. The molecule has 4 unspecified atom stereocenters. The molecule has 2 saturated carbocycles. The zero-order valence-electron chi connectivity index (χ0n) is 15.7. The molecule has 6 heteroatoms. The molecule has 2 aliphatic rings. The van der Waals surface area contributed by atoms with Crippen molar-refractivity contribution in [2.45, 2.75) is 52.2 Å². The summed E-state index contributed by atoms with van der Waals surface area (Å²) in [6, 6.07) is 7.27. The van der Waals surface area contributed by atoms with Crippen LogP contribution in [0.3, 0.4) is 0 Å². The molecule has 0 aliphatic heterocycles. The van der Waals surface area contributed by atoms with Crippen LogP contribution >= 0.6 is 11.6 Å². The number of amides is 1. The second-order valence-corrected chi connectivity index (χ2v) is 8.35. The smallest absolute Gasteiger partial charge is 0.274 e. The molecule has 4 rings (SSSR count). The summed E-state index contributed by atoms with van der Waals surface area (Å²) in [5, 5.41) is 7.78. The molecule has 5 nitrogen and oxygen atoms in total. The van der Waals surface area contributed by atoms with E-state index < -0.39 is 0 Å². The topological polar surface area (TPSA) is 64.4 Å². The molecule has 144 valence electrons. The molecule has 1 amide bonds. The van der Waals surface area contributed by atoms with E-state index in [-0.39, 0.29) is 18.6 Å². The predicted molar refractivity (Wildman–Crippen MR) is 103 cm³/mol. The van der Waals surface area contributed by atoms with E-state index in [2.05, 4.69) is 17.4 Å². The maximum Gasteiger partial charge on any atom is 0.274 e. The fourth-order valence-corrected chi connectivity index (χ4v) is 4.84. The lowest BCUT2D eigenvalue weighted by molar-refractivity contribution is 0.0904. The van der Waals surface area contributed by atoms with Crippen molar-refractivity contribution in [3.05, 3.63) is 46.3 Å². The highest BCUT2D eigenvalue weighted by Crippen LogP contribution is 2.49. The van der Waals surface area contributed by atoms with E-state index in [1.54, 1.807) is 31.2 Å². The molecule has 2 bridgehead atoms. The van der Waals surface area contributed by atoms with Gasteiger partial charge in [0.1, 0.15) is 18.1 Å². The summed E-state index contributed by atoms with van der Waals surface area (Å²) in [7, 11) is 0. The second-order valence-electron chi connectivity index (χ2n) is 7.91. The number of rotatable bonds is 6. The van der Waals surface area contributed by atoms with Crippen molar-refractivity contribution < 1.29 is 14.1 Å². The molecule has 1 aromatic heterocycles. The van der Waals surface area contributed by atoms with Crippen molar-refractivity contribution in [3.8, 4) is 5.75 Å². The maximum absolute atomic E-state index is 12.8. The van der Waals surface area contributed by atoms with Crippen molar-refractivity contribution in [1.29, 1.82) is 0 Å². The third-order valence-electron chi connectivity index (χ3n) is 6.19. The van der Waals surface area contributed by atoms with Crippen LogP contribution in [0.15, 0.2) is 28.8 Å². The molecule has 4 atom stereocenters. The highest BCUT2D eigenvalue weighted by molar-refractivity contribution is 6.30. The van der Waals surface area contributed by atoms with Crippen LogP contribution in [0.4, 0.5) is 0 Å². The quantitative estimate of drug-likeness (QED) is 0.774. The van der Waals surface area contributed by atoms with Crippen LogP contribution in [0.2, 0.25) is 5.02 Å². The van der Waals surface area contributed by atoms with Gasteiger partial charge < -0.3 is 14.6 Å². The fourth-order valence-electron chi connectivity index (χ4n) is 4.71. The number of carbonyl (C=O) groups excluding carboxylic acids is 1. The minimum Gasteiger partial charge on any atom is -0.489 e. The third-order valence-corrected chi connectivity index (χ3v) is 6.44. The van der Waals surface area contributed by atoms with E-state index >= 15 is 0 Å². The van der Waals surface area contributed by atoms with Crippen LogP contribution in [0.5, 0.6) is 5.75 Å². The predicted octanol–water partition coefficient (Wildman–Crippen LogP) is 4.77. The van der Waals surface area contributed by atoms with Gasteiger partial charge in [-0.1, -0.05) is 23.2 Å². The van der Waals surface area contributed by atoms with Crippen molar-refractivity contribution in [1.82, 2.24) is 10.5 Å². The number of carbonyl (C=O) groups is 1. The molecule has 27 heavy (non-hydrogen) atoms. The normalized spacial score (nSPS) is 24.8. The van der Waals surface area contributed by atoms with Crippen LogP contribution < -0.4 is 10.1 Å². The van der Waals surface area contributed by atoms with Crippen molar-refractivity contribution in [2.24, 2.45) is 17.8 Å². The van der Waals surface area contributed by atoms with Crippen LogP contribution in [0.25, 0.3) is 0 Å². The molecular formula is C21H25ClN2O3. The molecule has 2 aliphatic carbocycles. The Morgan fingerprint density at radius 3 is 2.78 bits per heavy atom. The first kappa shape index (κ1) is 18.4. The highest BCUT2D eigenvalue weighted by atomic mass is 35.5. The van der Waals surface area contributed by atoms with Crippen molar-refractivity contribution in [2.75, 3.05) is 0 Å². The highest BCUT2D eigenvalue weighted by Gasteiger charge is 2.42. The Morgan fingerprint density at radius 2 is 2.11 bits per heavy atom. The average Bonchev–Trinajstić information content (AvgIpc) is 3.37. The number of ether oxygens (including phenoxy) is 1. The van der Waals surface area contributed by atoms with E-state index in [1.807, 2.05) is 0 Å². The van der Waals surface area contributed by atoms with Gasteiger partial charge in [0.2, 0.25) is 0 Å². The first-order valence-corrected chi connectivity index (χ1v) is 10.0. The largest absolute Gasteiger partial charge is 0.489 e. The second kappa shape index (κ2) is 7.55. The van der Waals surface area contributed by atoms with Crippen LogP contribution in [0, 0.1) is 24.7 Å². The third kappa shape index (κ3) is 3.84. The van der Waals surface area contributed by atoms with Gasteiger partial charge in [0, 0.05) is 11.1 Å². The first-order chi connectivity index (χ1) is 13.0. The zero-order valence-corrected chi connectivity index (χ0v) is 16.5. The molecule has 2 fully saturated rings. The van der Waals surface area contributed by atoms with Crippen molar-refractivity contribution in [3.63, 3.8) is 0 Å². The lowest BCUT2D eigenvalue weighted by atomic mass is 9.84. The lowest BCUT2D eigenvalue weighted by Gasteiger charge is -2.28. The van der Waals surface area contributed by atoms with E-state index in [0.717, 1.165) is 11.8 Å². The van der Waals surface area contributed by atoms with Gasteiger partial charge in [-0.05, 0) is 75.1 Å². The van der Waals surface area contributed by atoms with E-state index in [4.69, 9.17) is 20.9 Å². The van der Waals surface area contributed by atoms with Crippen LogP contribution in [-0.2, 0) is 6.61 Å². The SMILES string of the molecule is Cc1onc(C(=O)NC(C)C2CC3CCC2C3)c1COc1ccc(Cl)cc1. The molecule has 1 heterocycles. The van der Waals surface area contributed by atoms with E-state index in [9.17, 15) is 4.79 Å². The fraction of sp³-hybridized carbons (Fsp3) is 0.524. The number of nitrogens with one attached hydrogen (secondary N) is 1. The summed E-state index contributed by atoms with van der Waals surface area (Å²) in [6.07, 6.45) is 5.22. The molecule has 1 N–H and O–H groups in total. The average molecular weight is 389 g/mol. The Morgan fingerprint density at radius 1 is 1.33 bits per heavy atom. The van der Waals surface area contributed by atoms with Gasteiger partial charge in [0.05, 0.1) is 5.56 Å². The molecule has 0 spiro atoms. The Balaban J connectivity index is 1.41. The maximum atomic E-state index is 12.8. The van der Waals surface area contributed by atoms with Gasteiger partial charge in [-0.3, -0.25) is 4.79 Å². The Bertz CT molecular complexity index is 817. The Kier molecular flexibility index (Phi) is 5.13. The number of hydrogen-bond donors (Lipinski definition) is 1.